The van der Waals surface area contributed by atoms with E-state index >= 15 is 0 Å². The second-order valence-corrected chi connectivity index (χ2v) is 12.1. The van der Waals surface area contributed by atoms with Crippen LogP contribution < -0.4 is 0 Å². The van der Waals surface area contributed by atoms with Gasteiger partial charge in [0.05, 0.1) is 5.69 Å². The molecule has 186 valence electrons. The van der Waals surface area contributed by atoms with Crippen molar-refractivity contribution in [2.45, 2.75) is 29.1 Å². The molecule has 1 aliphatic heterocycles. The number of hydrogen-bond donors (Lipinski definition) is 0. The summed E-state index contributed by atoms with van der Waals surface area (Å²) in [6.45, 7) is 4.71. The summed E-state index contributed by atoms with van der Waals surface area (Å²) in [6.07, 6.45) is 4.70. The summed E-state index contributed by atoms with van der Waals surface area (Å²) in [4.78, 5) is 2.69. The normalized spacial score (nSPS) is 14.0. The van der Waals surface area contributed by atoms with Crippen molar-refractivity contribution < 1.29 is 0 Å². The lowest BCUT2D eigenvalue weighted by Gasteiger charge is -2.35. The zero-order valence-electron chi connectivity index (χ0n) is 22.0. The van der Waals surface area contributed by atoms with Gasteiger partial charge in [-0.3, -0.25) is 0 Å². The molecule has 0 saturated heterocycles. The van der Waals surface area contributed by atoms with Crippen molar-refractivity contribution >= 4 is 11.8 Å². The van der Waals surface area contributed by atoms with E-state index < -0.39 is 0 Å². The summed E-state index contributed by atoms with van der Waals surface area (Å²) in [5.74, 6) is 0. The molecule has 1 aromatic heterocycles. The molecule has 0 radical (unpaired) electrons. The number of hydrogen-bond acceptors (Lipinski definition) is 1. The fourth-order valence-corrected chi connectivity index (χ4v) is 8.05. The molecule has 0 unspecified atom stereocenters. The predicted molar refractivity (Wildman–Crippen MR) is 164 cm³/mol. The van der Waals surface area contributed by atoms with Gasteiger partial charge in [-0.15, -0.1) is 0 Å². The van der Waals surface area contributed by atoms with Crippen molar-refractivity contribution in [2.75, 3.05) is 0 Å². The maximum atomic E-state index is 2.37. The Bertz CT molecular complexity index is 1840. The van der Waals surface area contributed by atoms with Crippen LogP contribution in [0.3, 0.4) is 0 Å². The van der Waals surface area contributed by atoms with E-state index in [0.717, 1.165) is 0 Å². The van der Waals surface area contributed by atoms with Gasteiger partial charge >= 0.3 is 0 Å². The summed E-state index contributed by atoms with van der Waals surface area (Å²) in [5, 5.41) is 0. The van der Waals surface area contributed by atoms with Gasteiger partial charge in [0.25, 0.3) is 0 Å². The largest absolute Gasteiger partial charge is 0.321 e. The molecule has 0 saturated carbocycles. The third-order valence-corrected chi connectivity index (χ3v) is 9.70. The van der Waals surface area contributed by atoms with Crippen molar-refractivity contribution in [3.8, 4) is 50.2 Å². The van der Waals surface area contributed by atoms with Gasteiger partial charge in [-0.05, 0) is 56.6 Å². The maximum Gasteiger partial charge on any atom is 0.0592 e. The lowest BCUT2D eigenvalue weighted by molar-refractivity contribution is 0.606. The lowest BCUT2D eigenvalue weighted by atomic mass is 9.77. The topological polar surface area (TPSA) is 4.93 Å². The minimum Gasteiger partial charge on any atom is -0.321 e. The van der Waals surface area contributed by atoms with Gasteiger partial charge in [0, 0.05) is 38.7 Å². The smallest absolute Gasteiger partial charge is 0.0592 e. The molecule has 1 aliphatic carbocycles. The van der Waals surface area contributed by atoms with Gasteiger partial charge in [-0.2, -0.15) is 0 Å². The van der Waals surface area contributed by atoms with E-state index in [1.54, 1.807) is 0 Å². The lowest BCUT2D eigenvalue weighted by Crippen LogP contribution is -2.24. The molecule has 39 heavy (non-hydrogen) atoms. The Labute approximate surface area is 233 Å². The number of fused-ring (bicyclic) bond motifs is 10. The summed E-state index contributed by atoms with van der Waals surface area (Å²) in [6, 6.07) is 42.2. The molecule has 0 amide bonds. The Balaban J connectivity index is 1.41. The molecule has 2 heterocycles. The number of benzene rings is 5. The van der Waals surface area contributed by atoms with E-state index in [9.17, 15) is 0 Å². The Morgan fingerprint density at radius 2 is 0.897 bits per heavy atom. The molecule has 5 aromatic carbocycles. The first kappa shape index (κ1) is 22.7. The minimum atomic E-state index is -0.0598. The molecule has 2 aliphatic rings. The number of rotatable bonds is 1. The van der Waals surface area contributed by atoms with Crippen LogP contribution in [-0.2, 0) is 5.41 Å². The molecule has 1 nitrogen and oxygen atoms in total. The van der Waals surface area contributed by atoms with Gasteiger partial charge in [0.15, 0.2) is 0 Å². The third kappa shape index (κ3) is 3.28. The van der Waals surface area contributed by atoms with Crippen LogP contribution in [0.1, 0.15) is 25.0 Å². The van der Waals surface area contributed by atoms with Crippen LogP contribution in [0.15, 0.2) is 137 Å². The number of aromatic nitrogens is 1. The Morgan fingerprint density at radius 1 is 0.462 bits per heavy atom. The van der Waals surface area contributed by atoms with E-state index in [-0.39, 0.29) is 5.41 Å². The number of nitrogens with zero attached hydrogens (tertiary/aromatic N) is 1. The van der Waals surface area contributed by atoms with Crippen LogP contribution in [0.4, 0.5) is 0 Å². The Morgan fingerprint density at radius 3 is 1.44 bits per heavy atom. The Hall–Kier alpha value is -4.27. The van der Waals surface area contributed by atoms with Crippen LogP contribution in [-0.4, -0.2) is 4.57 Å². The maximum absolute atomic E-state index is 2.37. The average molecular weight is 518 g/mol. The van der Waals surface area contributed by atoms with Crippen LogP contribution in [0.5, 0.6) is 0 Å². The van der Waals surface area contributed by atoms with Gasteiger partial charge < -0.3 is 4.57 Å². The fourth-order valence-electron chi connectivity index (χ4n) is 6.54. The molecule has 8 rings (SSSR count). The van der Waals surface area contributed by atoms with Gasteiger partial charge in [0.1, 0.15) is 0 Å². The fraction of sp³-hybridized carbons (Fsp3) is 0.0811. The molecular formula is C37H27NS. The first-order valence-corrected chi connectivity index (χ1v) is 14.3. The van der Waals surface area contributed by atoms with Crippen LogP contribution in [0.2, 0.25) is 0 Å². The summed E-state index contributed by atoms with van der Waals surface area (Å²) >= 11 is 1.90. The van der Waals surface area contributed by atoms with Crippen molar-refractivity contribution in [3.05, 3.63) is 139 Å². The molecule has 6 aromatic rings. The summed E-state index contributed by atoms with van der Waals surface area (Å²) in [7, 11) is 0. The molecule has 0 bridgehead atoms. The highest BCUT2D eigenvalue weighted by atomic mass is 32.2. The monoisotopic (exact) mass is 517 g/mol. The quantitative estimate of drug-likeness (QED) is 0.210. The molecule has 2 heteroatoms. The SMILES string of the molecule is CC1(C)c2ccccc2Sc2c(-n3cc4c(c3)-c3ccccc3-c3ccccc3-c3ccccc3-4)cccc21. The van der Waals surface area contributed by atoms with Crippen molar-refractivity contribution in [2.24, 2.45) is 0 Å². The van der Waals surface area contributed by atoms with E-state index in [2.05, 4.69) is 146 Å². The predicted octanol–water partition coefficient (Wildman–Crippen LogP) is 10.2. The van der Waals surface area contributed by atoms with Crippen molar-refractivity contribution in [1.29, 1.82) is 0 Å². The highest BCUT2D eigenvalue weighted by molar-refractivity contribution is 7.99. The van der Waals surface area contributed by atoms with E-state index in [1.165, 1.54) is 71.1 Å². The first-order valence-electron chi connectivity index (χ1n) is 13.5. The van der Waals surface area contributed by atoms with Crippen LogP contribution >= 0.6 is 11.8 Å². The van der Waals surface area contributed by atoms with Crippen LogP contribution in [0.25, 0.3) is 50.2 Å². The third-order valence-electron chi connectivity index (χ3n) is 8.49. The van der Waals surface area contributed by atoms with E-state index in [0.29, 0.717) is 0 Å². The van der Waals surface area contributed by atoms with Crippen LogP contribution in [0, 0.1) is 0 Å². The molecule has 0 spiro atoms. The van der Waals surface area contributed by atoms with E-state index in [1.807, 2.05) is 11.8 Å². The second kappa shape index (κ2) is 8.36. The highest BCUT2D eigenvalue weighted by Gasteiger charge is 2.34. The van der Waals surface area contributed by atoms with Gasteiger partial charge in [0.2, 0.25) is 0 Å². The first-order chi connectivity index (χ1) is 19.1. The van der Waals surface area contributed by atoms with Gasteiger partial charge in [-0.1, -0.05) is 129 Å². The Kier molecular flexibility index (Phi) is 4.87. The molecule has 0 atom stereocenters. The molecule has 0 fully saturated rings. The summed E-state index contributed by atoms with van der Waals surface area (Å²) in [5.41, 5.74) is 14.2. The zero-order chi connectivity index (χ0) is 26.1. The van der Waals surface area contributed by atoms with Gasteiger partial charge in [-0.25, -0.2) is 0 Å². The zero-order valence-corrected chi connectivity index (χ0v) is 22.8. The standard InChI is InChI=1S/C37H27NS/c1-37(2)32-18-9-10-21-35(32)39-36-33(37)19-11-20-34(36)38-22-30-28-16-7-5-14-26(28)24-12-3-4-13-25(24)27-15-6-8-17-29(27)31(30)23-38/h3-23H,1-2H3. The van der Waals surface area contributed by atoms with Crippen molar-refractivity contribution in [1.82, 2.24) is 4.57 Å². The second-order valence-electron chi connectivity index (χ2n) is 11.0. The highest BCUT2D eigenvalue weighted by Crippen LogP contribution is 2.52. The summed E-state index contributed by atoms with van der Waals surface area (Å²) < 4.78 is 2.37. The molecular weight excluding hydrogens is 490 g/mol. The molecule has 0 N–H and O–H groups in total. The van der Waals surface area contributed by atoms with Crippen molar-refractivity contribution in [3.63, 3.8) is 0 Å². The minimum absolute atomic E-state index is 0.0598. The van der Waals surface area contributed by atoms with E-state index in [4.69, 9.17) is 0 Å². The average Bonchev–Trinajstić information content (AvgIpc) is 3.41.